The average molecular weight is 262 g/mol. The van der Waals surface area contributed by atoms with Crippen molar-refractivity contribution in [3.63, 3.8) is 0 Å². The Morgan fingerprint density at radius 1 is 1.32 bits per heavy atom. The van der Waals surface area contributed by atoms with Gasteiger partial charge in [0.1, 0.15) is 5.82 Å². The second kappa shape index (κ2) is 5.14. The van der Waals surface area contributed by atoms with Gasteiger partial charge >= 0.3 is 0 Å². The number of hydrogen-bond acceptors (Lipinski definition) is 5. The van der Waals surface area contributed by atoms with Crippen molar-refractivity contribution >= 4 is 17.4 Å². The molecule has 0 bridgehead atoms. The number of nitrogens with zero attached hydrogens (tertiary/aromatic N) is 3. The summed E-state index contributed by atoms with van der Waals surface area (Å²) in [6, 6.07) is 3.82. The highest BCUT2D eigenvalue weighted by atomic mass is 16.5. The van der Waals surface area contributed by atoms with Crippen molar-refractivity contribution in [2.24, 2.45) is 5.73 Å². The van der Waals surface area contributed by atoms with E-state index in [1.165, 1.54) is 0 Å². The number of aromatic nitrogens is 1. The smallest absolute Gasteiger partial charge is 0.229 e. The van der Waals surface area contributed by atoms with Crippen molar-refractivity contribution in [2.45, 2.75) is 12.5 Å². The van der Waals surface area contributed by atoms with Crippen LogP contribution in [0, 0.1) is 0 Å². The number of ether oxygens (including phenoxy) is 1. The molecule has 102 valence electrons. The molecule has 2 aliphatic rings. The summed E-state index contributed by atoms with van der Waals surface area (Å²) in [4.78, 5) is 20.0. The van der Waals surface area contributed by atoms with Crippen molar-refractivity contribution in [3.8, 4) is 0 Å². The van der Waals surface area contributed by atoms with Crippen LogP contribution in [0.15, 0.2) is 18.3 Å². The number of carbonyl (C=O) groups excluding carboxylic acids is 1. The molecule has 1 amide bonds. The van der Waals surface area contributed by atoms with E-state index in [-0.39, 0.29) is 11.9 Å². The Balaban J connectivity index is 1.73. The standard InChI is InChI=1S/C13H18N4O2/c14-10-7-13(18)17(9-10)12-2-1-11(8-15-12)16-3-5-19-6-4-16/h1-2,8,10H,3-7,9,14H2. The van der Waals surface area contributed by atoms with E-state index in [4.69, 9.17) is 10.5 Å². The number of carbonyl (C=O) groups is 1. The molecule has 1 atom stereocenters. The molecule has 2 fully saturated rings. The minimum atomic E-state index is -0.0757. The van der Waals surface area contributed by atoms with E-state index in [0.29, 0.717) is 18.8 Å². The molecular formula is C13H18N4O2. The molecule has 3 heterocycles. The molecule has 0 saturated carbocycles. The predicted octanol–water partition coefficient (Wildman–Crippen LogP) is -0.0178. The molecule has 6 nitrogen and oxygen atoms in total. The number of pyridine rings is 1. The lowest BCUT2D eigenvalue weighted by Gasteiger charge is -2.28. The lowest BCUT2D eigenvalue weighted by Crippen LogP contribution is -2.36. The minimum Gasteiger partial charge on any atom is -0.378 e. The van der Waals surface area contributed by atoms with Gasteiger partial charge in [-0.25, -0.2) is 4.98 Å². The molecule has 19 heavy (non-hydrogen) atoms. The SMILES string of the molecule is NC1CC(=O)N(c2ccc(N3CCOCC3)cn2)C1. The fourth-order valence-corrected chi connectivity index (χ4v) is 2.50. The molecule has 0 aromatic carbocycles. The Hall–Kier alpha value is -1.66. The quantitative estimate of drug-likeness (QED) is 0.811. The van der Waals surface area contributed by atoms with E-state index >= 15 is 0 Å². The molecule has 6 heteroatoms. The molecule has 3 rings (SSSR count). The Bertz CT molecular complexity index is 456. The first-order chi connectivity index (χ1) is 9.24. The summed E-state index contributed by atoms with van der Waals surface area (Å²) < 4.78 is 5.32. The van der Waals surface area contributed by atoms with E-state index in [1.807, 2.05) is 18.3 Å². The van der Waals surface area contributed by atoms with Crippen LogP contribution in [0.25, 0.3) is 0 Å². The lowest BCUT2D eigenvalue weighted by atomic mass is 10.3. The Morgan fingerprint density at radius 3 is 2.68 bits per heavy atom. The zero-order valence-corrected chi connectivity index (χ0v) is 10.8. The van der Waals surface area contributed by atoms with Gasteiger partial charge in [-0.1, -0.05) is 0 Å². The Labute approximate surface area is 112 Å². The minimum absolute atomic E-state index is 0.0547. The highest BCUT2D eigenvalue weighted by molar-refractivity contribution is 5.95. The third kappa shape index (κ3) is 2.54. The Kier molecular flexibility index (Phi) is 3.35. The third-order valence-electron chi connectivity index (χ3n) is 3.54. The van der Waals surface area contributed by atoms with Crippen LogP contribution in [0.3, 0.4) is 0 Å². The summed E-state index contributed by atoms with van der Waals surface area (Å²) in [7, 11) is 0. The fraction of sp³-hybridized carbons (Fsp3) is 0.538. The normalized spacial score (nSPS) is 24.1. The first kappa shape index (κ1) is 12.4. The van der Waals surface area contributed by atoms with Gasteiger partial charge in [-0.3, -0.25) is 9.69 Å². The van der Waals surface area contributed by atoms with Gasteiger partial charge in [0.15, 0.2) is 0 Å². The van der Waals surface area contributed by atoms with E-state index in [2.05, 4.69) is 9.88 Å². The monoisotopic (exact) mass is 262 g/mol. The number of morpholine rings is 1. The van der Waals surface area contributed by atoms with Crippen LogP contribution in [0.4, 0.5) is 11.5 Å². The van der Waals surface area contributed by atoms with Crippen LogP contribution in [0.5, 0.6) is 0 Å². The van der Waals surface area contributed by atoms with Crippen molar-refractivity contribution < 1.29 is 9.53 Å². The van der Waals surface area contributed by atoms with Crippen LogP contribution in [0.2, 0.25) is 0 Å². The zero-order chi connectivity index (χ0) is 13.2. The summed E-state index contributed by atoms with van der Waals surface area (Å²) in [5.41, 5.74) is 6.86. The number of anilines is 2. The van der Waals surface area contributed by atoms with Gasteiger partial charge in [0.25, 0.3) is 0 Å². The van der Waals surface area contributed by atoms with Crippen molar-refractivity contribution in [1.82, 2.24) is 4.98 Å². The third-order valence-corrected chi connectivity index (χ3v) is 3.54. The molecule has 1 aromatic rings. The molecule has 2 N–H and O–H groups in total. The maximum Gasteiger partial charge on any atom is 0.229 e. The number of hydrogen-bond donors (Lipinski definition) is 1. The largest absolute Gasteiger partial charge is 0.378 e. The molecular weight excluding hydrogens is 244 g/mol. The first-order valence-electron chi connectivity index (χ1n) is 6.59. The van der Waals surface area contributed by atoms with Crippen LogP contribution in [0.1, 0.15) is 6.42 Å². The van der Waals surface area contributed by atoms with Crippen molar-refractivity contribution in [3.05, 3.63) is 18.3 Å². The molecule has 2 aliphatic heterocycles. The molecule has 1 aromatic heterocycles. The maximum atomic E-state index is 11.8. The van der Waals surface area contributed by atoms with Gasteiger partial charge in [0.2, 0.25) is 5.91 Å². The zero-order valence-electron chi connectivity index (χ0n) is 10.8. The molecule has 0 spiro atoms. The summed E-state index contributed by atoms with van der Waals surface area (Å²) in [5.74, 6) is 0.745. The summed E-state index contributed by atoms with van der Waals surface area (Å²) in [5, 5.41) is 0. The average Bonchev–Trinajstić information content (AvgIpc) is 2.79. The van der Waals surface area contributed by atoms with E-state index in [1.54, 1.807) is 4.90 Å². The number of amides is 1. The van der Waals surface area contributed by atoms with Gasteiger partial charge in [-0.2, -0.15) is 0 Å². The number of rotatable bonds is 2. The number of nitrogens with two attached hydrogens (primary N) is 1. The van der Waals surface area contributed by atoms with Crippen LogP contribution < -0.4 is 15.5 Å². The van der Waals surface area contributed by atoms with E-state index < -0.39 is 0 Å². The van der Waals surface area contributed by atoms with Gasteiger partial charge < -0.3 is 15.4 Å². The highest BCUT2D eigenvalue weighted by Gasteiger charge is 2.28. The summed E-state index contributed by atoms with van der Waals surface area (Å²) in [6.45, 7) is 3.83. The molecule has 0 aliphatic carbocycles. The fourth-order valence-electron chi connectivity index (χ4n) is 2.50. The maximum absolute atomic E-state index is 11.8. The molecule has 1 unspecified atom stereocenters. The molecule has 0 radical (unpaired) electrons. The molecule has 2 saturated heterocycles. The summed E-state index contributed by atoms with van der Waals surface area (Å²) >= 11 is 0. The van der Waals surface area contributed by atoms with Crippen molar-refractivity contribution in [1.29, 1.82) is 0 Å². The lowest BCUT2D eigenvalue weighted by molar-refractivity contribution is -0.117. The summed E-state index contributed by atoms with van der Waals surface area (Å²) in [6.07, 6.45) is 2.23. The van der Waals surface area contributed by atoms with Crippen LogP contribution >= 0.6 is 0 Å². The van der Waals surface area contributed by atoms with Gasteiger partial charge in [-0.15, -0.1) is 0 Å². The van der Waals surface area contributed by atoms with Crippen molar-refractivity contribution in [2.75, 3.05) is 42.6 Å². The second-order valence-corrected chi connectivity index (χ2v) is 4.94. The first-order valence-corrected chi connectivity index (χ1v) is 6.59. The second-order valence-electron chi connectivity index (χ2n) is 4.94. The highest BCUT2D eigenvalue weighted by Crippen LogP contribution is 2.22. The van der Waals surface area contributed by atoms with E-state index in [0.717, 1.165) is 32.0 Å². The van der Waals surface area contributed by atoms with Crippen LogP contribution in [-0.4, -0.2) is 49.8 Å². The van der Waals surface area contributed by atoms with Gasteiger partial charge in [0.05, 0.1) is 25.1 Å². The van der Waals surface area contributed by atoms with Gasteiger partial charge in [0, 0.05) is 32.1 Å². The Morgan fingerprint density at radius 2 is 2.11 bits per heavy atom. The predicted molar refractivity (Wildman–Crippen MR) is 72.2 cm³/mol. The van der Waals surface area contributed by atoms with E-state index in [9.17, 15) is 4.79 Å². The topological polar surface area (TPSA) is 71.7 Å². The van der Waals surface area contributed by atoms with Crippen LogP contribution in [-0.2, 0) is 9.53 Å². The van der Waals surface area contributed by atoms with Gasteiger partial charge in [-0.05, 0) is 12.1 Å².